The zero-order chi connectivity index (χ0) is 13.0. The average molecular weight is 280 g/mol. The number of aliphatic hydroxyl groups is 1. The highest BCUT2D eigenvalue weighted by Crippen LogP contribution is 2.32. The molecule has 0 fully saturated rings. The van der Waals surface area contributed by atoms with Crippen molar-refractivity contribution in [2.75, 3.05) is 6.54 Å². The van der Waals surface area contributed by atoms with Crippen LogP contribution in [-0.2, 0) is 0 Å². The summed E-state index contributed by atoms with van der Waals surface area (Å²) in [6, 6.07) is 2.58. The van der Waals surface area contributed by atoms with Crippen molar-refractivity contribution < 1.29 is 9.50 Å². The molecule has 17 heavy (non-hydrogen) atoms. The highest BCUT2D eigenvalue weighted by Gasteiger charge is 2.16. The van der Waals surface area contributed by atoms with Gasteiger partial charge >= 0.3 is 0 Å². The molecule has 1 aromatic rings. The zero-order valence-electron chi connectivity index (χ0n) is 9.80. The van der Waals surface area contributed by atoms with Crippen molar-refractivity contribution in [3.63, 3.8) is 0 Å². The third-order valence-electron chi connectivity index (χ3n) is 2.53. The van der Waals surface area contributed by atoms with E-state index in [0.717, 1.165) is 0 Å². The predicted molar refractivity (Wildman–Crippen MR) is 69.1 cm³/mol. The van der Waals surface area contributed by atoms with E-state index in [0.29, 0.717) is 23.6 Å². The third kappa shape index (κ3) is 4.11. The van der Waals surface area contributed by atoms with E-state index in [2.05, 4.69) is 5.32 Å². The Kier molecular flexibility index (Phi) is 5.67. The van der Waals surface area contributed by atoms with Gasteiger partial charge in [0.25, 0.3) is 0 Å². The Morgan fingerprint density at radius 2 is 2.00 bits per heavy atom. The summed E-state index contributed by atoms with van der Waals surface area (Å²) in [6.07, 6.45) is 0.252. The van der Waals surface area contributed by atoms with Gasteiger partial charge in [0.2, 0.25) is 0 Å². The van der Waals surface area contributed by atoms with Gasteiger partial charge in [-0.3, -0.25) is 0 Å². The molecule has 0 aliphatic carbocycles. The van der Waals surface area contributed by atoms with E-state index < -0.39 is 5.82 Å². The van der Waals surface area contributed by atoms with Gasteiger partial charge in [-0.25, -0.2) is 4.39 Å². The van der Waals surface area contributed by atoms with Crippen molar-refractivity contribution in [2.24, 2.45) is 0 Å². The number of halogens is 3. The number of hydrogen-bond donors (Lipinski definition) is 2. The summed E-state index contributed by atoms with van der Waals surface area (Å²) >= 11 is 11.9. The third-order valence-corrected chi connectivity index (χ3v) is 3.24. The van der Waals surface area contributed by atoms with Crippen LogP contribution < -0.4 is 5.32 Å². The first-order valence-electron chi connectivity index (χ1n) is 5.48. The Labute approximate surface area is 111 Å². The molecule has 1 aromatic carbocycles. The number of nitrogens with one attached hydrogen (secondary N) is 1. The Balaban J connectivity index is 2.74. The molecule has 0 aromatic heterocycles. The molecule has 0 aliphatic rings. The molecule has 0 heterocycles. The van der Waals surface area contributed by atoms with E-state index in [-0.39, 0.29) is 17.2 Å². The van der Waals surface area contributed by atoms with Gasteiger partial charge in [-0.15, -0.1) is 0 Å². The molecule has 0 spiro atoms. The van der Waals surface area contributed by atoms with Crippen molar-refractivity contribution in [3.8, 4) is 0 Å². The van der Waals surface area contributed by atoms with E-state index in [1.165, 1.54) is 12.1 Å². The fraction of sp³-hybridized carbons (Fsp3) is 0.500. The number of rotatable bonds is 5. The second kappa shape index (κ2) is 6.55. The molecular formula is C12H16Cl2FNO. The molecule has 0 radical (unpaired) electrons. The molecule has 5 heteroatoms. The van der Waals surface area contributed by atoms with Gasteiger partial charge in [0, 0.05) is 16.6 Å². The Morgan fingerprint density at radius 3 is 2.59 bits per heavy atom. The summed E-state index contributed by atoms with van der Waals surface area (Å²) in [5.74, 6) is -0.477. The van der Waals surface area contributed by atoms with Crippen molar-refractivity contribution >= 4 is 23.2 Å². The summed E-state index contributed by atoms with van der Waals surface area (Å²) in [5, 5.41) is 12.8. The lowest BCUT2D eigenvalue weighted by Gasteiger charge is -2.18. The number of aliphatic hydroxyl groups excluding tert-OH is 1. The molecule has 0 amide bonds. The van der Waals surface area contributed by atoms with Gasteiger partial charge in [0.1, 0.15) is 5.82 Å². The highest BCUT2D eigenvalue weighted by molar-refractivity contribution is 6.36. The topological polar surface area (TPSA) is 32.3 Å². The first kappa shape index (κ1) is 14.7. The molecule has 2 atom stereocenters. The smallest absolute Gasteiger partial charge is 0.142 e. The first-order chi connectivity index (χ1) is 7.93. The molecule has 0 saturated heterocycles. The fourth-order valence-electron chi connectivity index (χ4n) is 1.55. The first-order valence-corrected chi connectivity index (χ1v) is 6.24. The largest absolute Gasteiger partial charge is 0.393 e. The van der Waals surface area contributed by atoms with Crippen LogP contribution in [0.15, 0.2) is 12.1 Å². The quantitative estimate of drug-likeness (QED) is 0.808. The van der Waals surface area contributed by atoms with E-state index in [9.17, 15) is 4.39 Å². The van der Waals surface area contributed by atoms with Crippen molar-refractivity contribution in [1.82, 2.24) is 5.32 Å². The van der Waals surface area contributed by atoms with Crippen molar-refractivity contribution in [1.29, 1.82) is 0 Å². The second-order valence-corrected chi connectivity index (χ2v) is 4.86. The SMILES string of the molecule is CC(O)CCNC(C)c1c(Cl)ccc(F)c1Cl. The van der Waals surface area contributed by atoms with Gasteiger partial charge in [0.15, 0.2) is 0 Å². The minimum Gasteiger partial charge on any atom is -0.393 e. The summed E-state index contributed by atoms with van der Waals surface area (Å²) in [6.45, 7) is 4.19. The molecule has 1 rings (SSSR count). The van der Waals surface area contributed by atoms with E-state index in [1.807, 2.05) is 6.92 Å². The minimum atomic E-state index is -0.477. The molecular weight excluding hydrogens is 264 g/mol. The average Bonchev–Trinajstić information content (AvgIpc) is 2.23. The van der Waals surface area contributed by atoms with Gasteiger partial charge < -0.3 is 10.4 Å². The summed E-state index contributed by atoms with van der Waals surface area (Å²) in [7, 11) is 0. The van der Waals surface area contributed by atoms with Crippen molar-refractivity contribution in [3.05, 3.63) is 33.6 Å². The maximum Gasteiger partial charge on any atom is 0.142 e. The van der Waals surface area contributed by atoms with Crippen LogP contribution in [0.3, 0.4) is 0 Å². The Morgan fingerprint density at radius 1 is 1.35 bits per heavy atom. The monoisotopic (exact) mass is 279 g/mol. The fourth-order valence-corrected chi connectivity index (χ4v) is 2.25. The lowest BCUT2D eigenvalue weighted by atomic mass is 10.1. The molecule has 0 aliphatic heterocycles. The second-order valence-electron chi connectivity index (χ2n) is 4.07. The van der Waals surface area contributed by atoms with E-state index >= 15 is 0 Å². The van der Waals surface area contributed by atoms with Gasteiger partial charge in [0.05, 0.1) is 11.1 Å². The van der Waals surface area contributed by atoms with Crippen molar-refractivity contribution in [2.45, 2.75) is 32.4 Å². The lowest BCUT2D eigenvalue weighted by molar-refractivity contribution is 0.182. The minimum absolute atomic E-state index is 0.0505. The molecule has 2 N–H and O–H groups in total. The van der Waals surface area contributed by atoms with Crippen LogP contribution in [0.4, 0.5) is 4.39 Å². The van der Waals surface area contributed by atoms with Gasteiger partial charge in [-0.2, -0.15) is 0 Å². The predicted octanol–water partition coefficient (Wildman–Crippen LogP) is 3.55. The summed E-state index contributed by atoms with van der Waals surface area (Å²) < 4.78 is 13.3. The van der Waals surface area contributed by atoms with Crippen LogP contribution in [0.25, 0.3) is 0 Å². The Bertz CT molecular complexity index is 385. The van der Waals surface area contributed by atoms with E-state index in [4.69, 9.17) is 28.3 Å². The number of benzene rings is 1. The van der Waals surface area contributed by atoms with Crippen LogP contribution >= 0.6 is 23.2 Å². The summed E-state index contributed by atoms with van der Waals surface area (Å²) in [4.78, 5) is 0. The molecule has 2 nitrogen and oxygen atoms in total. The van der Waals surface area contributed by atoms with E-state index in [1.54, 1.807) is 6.92 Å². The standard InChI is InChI=1S/C12H16Cl2FNO/c1-7(17)5-6-16-8(2)11-9(13)3-4-10(15)12(11)14/h3-4,7-8,16-17H,5-6H2,1-2H3. The Hall–Kier alpha value is -0.350. The lowest BCUT2D eigenvalue weighted by Crippen LogP contribution is -2.23. The van der Waals surface area contributed by atoms with Crippen LogP contribution in [0.5, 0.6) is 0 Å². The maximum absolute atomic E-state index is 13.3. The molecule has 96 valence electrons. The molecule has 0 saturated carbocycles. The number of hydrogen-bond acceptors (Lipinski definition) is 2. The maximum atomic E-state index is 13.3. The van der Waals surface area contributed by atoms with Crippen LogP contribution in [0.1, 0.15) is 31.9 Å². The van der Waals surface area contributed by atoms with Crippen LogP contribution in [-0.4, -0.2) is 17.8 Å². The summed E-state index contributed by atoms with van der Waals surface area (Å²) in [5.41, 5.74) is 0.555. The molecule has 0 bridgehead atoms. The van der Waals surface area contributed by atoms with Crippen LogP contribution in [0, 0.1) is 5.82 Å². The van der Waals surface area contributed by atoms with Gasteiger partial charge in [-0.05, 0) is 38.9 Å². The normalized spacial score (nSPS) is 14.7. The molecule has 2 unspecified atom stereocenters. The van der Waals surface area contributed by atoms with Crippen LogP contribution in [0.2, 0.25) is 10.0 Å². The highest BCUT2D eigenvalue weighted by atomic mass is 35.5. The zero-order valence-corrected chi connectivity index (χ0v) is 11.3. The van der Waals surface area contributed by atoms with Gasteiger partial charge in [-0.1, -0.05) is 23.2 Å².